The number of hydrogen-bond acceptors (Lipinski definition) is 1. The van der Waals surface area contributed by atoms with E-state index in [-0.39, 0.29) is 0 Å². The van der Waals surface area contributed by atoms with Crippen molar-refractivity contribution >= 4 is 0 Å². The Morgan fingerprint density at radius 1 is 0.857 bits per heavy atom. The lowest BCUT2D eigenvalue weighted by Crippen LogP contribution is -2.21. The third-order valence-electron chi connectivity index (χ3n) is 4.25. The number of hydrogen-bond donors (Lipinski definition) is 1. The fourth-order valence-electron chi connectivity index (χ4n) is 3.01. The van der Waals surface area contributed by atoms with Crippen LogP contribution < -0.4 is 5.32 Å². The lowest BCUT2D eigenvalue weighted by Gasteiger charge is -2.20. The van der Waals surface area contributed by atoms with Gasteiger partial charge in [-0.05, 0) is 56.4 Å². The summed E-state index contributed by atoms with van der Waals surface area (Å²) in [7, 11) is 0. The summed E-state index contributed by atoms with van der Waals surface area (Å²) in [5.74, 6) is 0. The summed E-state index contributed by atoms with van der Waals surface area (Å²) in [6.07, 6.45) is 1.10. The van der Waals surface area contributed by atoms with E-state index in [0.717, 1.165) is 13.0 Å². The standard InChI is InChI=1S/C20H27N/c1-6-20(18-9-7-14(2)8-10-18)21-13-19-16(4)11-15(3)12-17(19)5/h7-12,20-21H,6,13H2,1-5H3. The first-order valence-electron chi connectivity index (χ1n) is 7.88. The van der Waals surface area contributed by atoms with Gasteiger partial charge in [0.1, 0.15) is 0 Å². The smallest absolute Gasteiger partial charge is 0.0320 e. The van der Waals surface area contributed by atoms with Crippen molar-refractivity contribution in [1.82, 2.24) is 5.32 Å². The van der Waals surface area contributed by atoms with Crippen molar-refractivity contribution in [3.63, 3.8) is 0 Å². The highest BCUT2D eigenvalue weighted by atomic mass is 14.9. The summed E-state index contributed by atoms with van der Waals surface area (Å²) < 4.78 is 0. The number of nitrogens with one attached hydrogen (secondary N) is 1. The molecule has 0 saturated carbocycles. The van der Waals surface area contributed by atoms with Gasteiger partial charge in [-0.1, -0.05) is 54.4 Å². The molecule has 21 heavy (non-hydrogen) atoms. The lowest BCUT2D eigenvalue weighted by molar-refractivity contribution is 0.517. The Bertz CT molecular complexity index is 573. The van der Waals surface area contributed by atoms with Gasteiger partial charge in [-0.2, -0.15) is 0 Å². The van der Waals surface area contributed by atoms with Crippen LogP contribution in [-0.2, 0) is 6.54 Å². The Labute approximate surface area is 129 Å². The Hall–Kier alpha value is -1.60. The molecule has 0 aromatic heterocycles. The van der Waals surface area contributed by atoms with E-state index in [4.69, 9.17) is 0 Å². The van der Waals surface area contributed by atoms with Gasteiger partial charge in [-0.25, -0.2) is 0 Å². The first-order chi connectivity index (χ1) is 10.0. The molecule has 1 heteroatoms. The molecule has 1 nitrogen and oxygen atoms in total. The van der Waals surface area contributed by atoms with Crippen LogP contribution in [0.2, 0.25) is 0 Å². The van der Waals surface area contributed by atoms with Crippen LogP contribution in [0.5, 0.6) is 0 Å². The predicted octanol–water partition coefficient (Wildman–Crippen LogP) is 5.16. The Morgan fingerprint density at radius 2 is 1.43 bits per heavy atom. The first kappa shape index (κ1) is 15.8. The second-order valence-corrected chi connectivity index (χ2v) is 6.13. The second-order valence-electron chi connectivity index (χ2n) is 6.13. The molecule has 0 bridgehead atoms. The summed E-state index contributed by atoms with van der Waals surface area (Å²) in [6.45, 7) is 11.9. The topological polar surface area (TPSA) is 12.0 Å². The van der Waals surface area contributed by atoms with Crippen molar-refractivity contribution in [2.75, 3.05) is 0 Å². The fourth-order valence-corrected chi connectivity index (χ4v) is 3.01. The molecule has 2 rings (SSSR count). The van der Waals surface area contributed by atoms with Crippen molar-refractivity contribution in [2.24, 2.45) is 0 Å². The van der Waals surface area contributed by atoms with Crippen molar-refractivity contribution < 1.29 is 0 Å². The zero-order chi connectivity index (χ0) is 15.4. The van der Waals surface area contributed by atoms with E-state index < -0.39 is 0 Å². The molecule has 0 fully saturated rings. The van der Waals surface area contributed by atoms with Crippen molar-refractivity contribution in [1.29, 1.82) is 0 Å². The molecule has 1 unspecified atom stereocenters. The van der Waals surface area contributed by atoms with Gasteiger partial charge in [0.25, 0.3) is 0 Å². The van der Waals surface area contributed by atoms with Crippen LogP contribution in [0, 0.1) is 27.7 Å². The minimum absolute atomic E-state index is 0.422. The molecular formula is C20H27N. The molecule has 0 aliphatic heterocycles. The molecule has 0 spiro atoms. The molecule has 2 aromatic carbocycles. The Balaban J connectivity index is 2.12. The predicted molar refractivity (Wildman–Crippen MR) is 91.7 cm³/mol. The van der Waals surface area contributed by atoms with Gasteiger partial charge in [0.2, 0.25) is 0 Å². The van der Waals surface area contributed by atoms with Gasteiger partial charge >= 0.3 is 0 Å². The maximum absolute atomic E-state index is 3.72. The summed E-state index contributed by atoms with van der Waals surface area (Å²) in [6, 6.07) is 13.8. The normalized spacial score (nSPS) is 12.4. The number of benzene rings is 2. The molecule has 0 aliphatic carbocycles. The van der Waals surface area contributed by atoms with Gasteiger partial charge in [0.05, 0.1) is 0 Å². The highest BCUT2D eigenvalue weighted by Gasteiger charge is 2.10. The largest absolute Gasteiger partial charge is 0.306 e. The van der Waals surface area contributed by atoms with Gasteiger partial charge in [0, 0.05) is 12.6 Å². The van der Waals surface area contributed by atoms with Crippen LogP contribution in [-0.4, -0.2) is 0 Å². The van der Waals surface area contributed by atoms with E-state index in [1.807, 2.05) is 0 Å². The maximum Gasteiger partial charge on any atom is 0.0320 e. The Kier molecular flexibility index (Phi) is 5.19. The van der Waals surface area contributed by atoms with E-state index in [1.54, 1.807) is 0 Å². The quantitative estimate of drug-likeness (QED) is 0.798. The SMILES string of the molecule is CCC(NCc1c(C)cc(C)cc1C)c1ccc(C)cc1. The zero-order valence-corrected chi connectivity index (χ0v) is 14.0. The van der Waals surface area contributed by atoms with Crippen molar-refractivity contribution in [3.8, 4) is 0 Å². The third-order valence-corrected chi connectivity index (χ3v) is 4.25. The monoisotopic (exact) mass is 281 g/mol. The van der Waals surface area contributed by atoms with Gasteiger partial charge in [-0.3, -0.25) is 0 Å². The van der Waals surface area contributed by atoms with Crippen LogP contribution in [0.4, 0.5) is 0 Å². The molecule has 112 valence electrons. The maximum atomic E-state index is 3.72. The molecule has 0 amide bonds. The average Bonchev–Trinajstić information content (AvgIpc) is 2.43. The van der Waals surface area contributed by atoms with Crippen molar-refractivity contribution in [2.45, 2.75) is 53.6 Å². The highest BCUT2D eigenvalue weighted by Crippen LogP contribution is 2.21. The highest BCUT2D eigenvalue weighted by molar-refractivity contribution is 5.37. The van der Waals surface area contributed by atoms with Gasteiger partial charge in [0.15, 0.2) is 0 Å². The molecule has 1 N–H and O–H groups in total. The molecule has 0 heterocycles. The minimum Gasteiger partial charge on any atom is -0.306 e. The summed E-state index contributed by atoms with van der Waals surface area (Å²) >= 11 is 0. The van der Waals surface area contributed by atoms with E-state index in [9.17, 15) is 0 Å². The second kappa shape index (κ2) is 6.91. The van der Waals surface area contributed by atoms with Gasteiger partial charge < -0.3 is 5.32 Å². The minimum atomic E-state index is 0.422. The lowest BCUT2D eigenvalue weighted by atomic mass is 9.98. The zero-order valence-electron chi connectivity index (χ0n) is 14.0. The molecular weight excluding hydrogens is 254 g/mol. The van der Waals surface area contributed by atoms with Crippen LogP contribution >= 0.6 is 0 Å². The van der Waals surface area contributed by atoms with Crippen LogP contribution in [0.3, 0.4) is 0 Å². The van der Waals surface area contributed by atoms with Crippen LogP contribution in [0.1, 0.15) is 52.8 Å². The fraction of sp³-hybridized carbons (Fsp3) is 0.400. The van der Waals surface area contributed by atoms with E-state index in [0.29, 0.717) is 6.04 Å². The van der Waals surface area contributed by atoms with Crippen LogP contribution in [0.15, 0.2) is 36.4 Å². The molecule has 1 atom stereocenters. The van der Waals surface area contributed by atoms with Gasteiger partial charge in [-0.15, -0.1) is 0 Å². The molecule has 0 aliphatic rings. The Morgan fingerprint density at radius 3 is 1.95 bits per heavy atom. The molecule has 2 aromatic rings. The molecule has 0 radical (unpaired) electrons. The van der Waals surface area contributed by atoms with E-state index in [1.165, 1.54) is 33.4 Å². The first-order valence-corrected chi connectivity index (χ1v) is 7.88. The molecule has 0 saturated heterocycles. The number of rotatable bonds is 5. The third kappa shape index (κ3) is 3.95. The van der Waals surface area contributed by atoms with E-state index >= 15 is 0 Å². The summed E-state index contributed by atoms with van der Waals surface area (Å²) in [5, 5.41) is 3.72. The summed E-state index contributed by atoms with van der Waals surface area (Å²) in [4.78, 5) is 0. The van der Waals surface area contributed by atoms with E-state index in [2.05, 4.69) is 76.3 Å². The summed E-state index contributed by atoms with van der Waals surface area (Å²) in [5.41, 5.74) is 8.26. The van der Waals surface area contributed by atoms with Crippen molar-refractivity contribution in [3.05, 3.63) is 69.8 Å². The average molecular weight is 281 g/mol. The number of aryl methyl sites for hydroxylation is 4. The van der Waals surface area contributed by atoms with Crippen LogP contribution in [0.25, 0.3) is 0 Å².